The maximum Gasteiger partial charge on any atom is 0.243 e. The smallest absolute Gasteiger partial charge is 0.243 e. The molecule has 0 spiro atoms. The molecule has 0 bridgehead atoms. The lowest BCUT2D eigenvalue weighted by molar-refractivity contribution is -0.143. The molecule has 2 rings (SSSR count). The average Bonchev–Trinajstić information content (AvgIpc) is 3.29. The minimum Gasteiger partial charge on any atom is -0.497 e. The maximum atomic E-state index is 13.3. The number of benzene rings is 1. The topological polar surface area (TPSA) is 118 Å². The number of ether oxygens (including phenoxy) is 1. The Bertz CT molecular complexity index is 1050. The Labute approximate surface area is 201 Å². The van der Waals surface area contributed by atoms with Crippen molar-refractivity contribution in [2.24, 2.45) is 5.92 Å². The third kappa shape index (κ3) is 7.33. The Kier molecular flexibility index (Phi) is 9.29. The third-order valence-electron chi connectivity index (χ3n) is 5.59. The minimum atomic E-state index is -3.95. The molecule has 1 aromatic heterocycles. The number of hydrogen-bond donors (Lipinski definition) is 2. The zero-order valence-corrected chi connectivity index (χ0v) is 21.4. The van der Waals surface area contributed by atoms with Gasteiger partial charge in [-0.05, 0) is 62.6 Å². The van der Waals surface area contributed by atoms with Gasteiger partial charge in [0.15, 0.2) is 0 Å². The van der Waals surface area contributed by atoms with Gasteiger partial charge in [0, 0.05) is 5.54 Å². The zero-order valence-electron chi connectivity index (χ0n) is 20.6. The van der Waals surface area contributed by atoms with E-state index >= 15 is 0 Å². The third-order valence-corrected chi connectivity index (χ3v) is 7.01. The van der Waals surface area contributed by atoms with Crippen molar-refractivity contribution in [1.29, 1.82) is 0 Å². The van der Waals surface area contributed by atoms with Crippen LogP contribution < -0.4 is 14.8 Å². The molecule has 188 valence electrons. The summed E-state index contributed by atoms with van der Waals surface area (Å²) in [6.45, 7) is 8.97. The summed E-state index contributed by atoms with van der Waals surface area (Å²) in [7, 11) is -2.47. The molecule has 0 saturated heterocycles. The Morgan fingerprint density at radius 1 is 1.15 bits per heavy atom. The highest BCUT2D eigenvalue weighted by Gasteiger charge is 2.35. The molecule has 0 saturated carbocycles. The lowest BCUT2D eigenvalue weighted by Crippen LogP contribution is -2.57. The molecule has 0 radical (unpaired) electrons. The van der Waals surface area contributed by atoms with Crippen LogP contribution in [-0.4, -0.2) is 50.4 Å². The van der Waals surface area contributed by atoms with Gasteiger partial charge < -0.3 is 19.4 Å². The molecule has 0 fully saturated rings. The van der Waals surface area contributed by atoms with Crippen LogP contribution in [-0.2, 0) is 26.2 Å². The van der Waals surface area contributed by atoms with Crippen molar-refractivity contribution in [3.8, 4) is 5.75 Å². The quantitative estimate of drug-likeness (QED) is 0.469. The fraction of sp³-hybridized carbons (Fsp3) is 0.500. The lowest BCUT2D eigenvalue weighted by Gasteiger charge is -2.36. The van der Waals surface area contributed by atoms with Crippen LogP contribution in [0.3, 0.4) is 0 Å². The van der Waals surface area contributed by atoms with Crippen LogP contribution in [0.2, 0.25) is 0 Å². The van der Waals surface area contributed by atoms with Gasteiger partial charge in [-0.1, -0.05) is 20.8 Å². The Morgan fingerprint density at radius 3 is 2.29 bits per heavy atom. The van der Waals surface area contributed by atoms with E-state index in [1.165, 1.54) is 42.5 Å². The summed E-state index contributed by atoms with van der Waals surface area (Å²) >= 11 is 0. The second-order valence-corrected chi connectivity index (χ2v) is 10.8. The molecule has 2 amide bonds. The first-order chi connectivity index (χ1) is 15.9. The number of carbonyl (C=O) groups excluding carboxylic acids is 2. The van der Waals surface area contributed by atoms with E-state index in [1.807, 2.05) is 34.6 Å². The van der Waals surface area contributed by atoms with Crippen molar-refractivity contribution in [3.05, 3.63) is 48.4 Å². The number of nitrogens with one attached hydrogen (secondary N) is 2. The number of amides is 2. The number of furan rings is 1. The second-order valence-electron chi connectivity index (χ2n) is 9.02. The van der Waals surface area contributed by atoms with Gasteiger partial charge in [0.1, 0.15) is 17.6 Å². The molecular formula is C24H35N3O6S. The SMILES string of the molecule is CCC(C)(C)NC(=O)[C@H](C(C)C)N(Cc1ccco1)C(=O)CNS(=O)(=O)c1ccc(OC)cc1. The molecule has 2 N–H and O–H groups in total. The van der Waals surface area contributed by atoms with Crippen LogP contribution in [0, 0.1) is 5.92 Å². The summed E-state index contributed by atoms with van der Waals surface area (Å²) in [5.41, 5.74) is -0.459. The van der Waals surface area contributed by atoms with E-state index in [0.717, 1.165) is 0 Å². The lowest BCUT2D eigenvalue weighted by atomic mass is 9.97. The van der Waals surface area contributed by atoms with E-state index in [-0.39, 0.29) is 23.3 Å². The van der Waals surface area contributed by atoms with E-state index in [9.17, 15) is 18.0 Å². The predicted octanol–water partition coefficient (Wildman–Crippen LogP) is 2.92. The number of hydrogen-bond acceptors (Lipinski definition) is 6. The van der Waals surface area contributed by atoms with E-state index < -0.39 is 34.1 Å². The monoisotopic (exact) mass is 493 g/mol. The molecule has 2 aromatic rings. The first-order valence-corrected chi connectivity index (χ1v) is 12.7. The molecule has 1 aromatic carbocycles. The summed E-state index contributed by atoms with van der Waals surface area (Å²) < 4.78 is 38.2. The standard InChI is InChI=1S/C24H35N3O6S/c1-7-24(4,5)26-23(29)22(17(2)3)27(16-19-9-8-14-33-19)21(28)15-25-34(30,31)20-12-10-18(32-6)11-13-20/h8-14,17,22,25H,7,15-16H2,1-6H3,(H,26,29)/t22-/m0/s1. The van der Waals surface area contributed by atoms with E-state index in [4.69, 9.17) is 9.15 Å². The van der Waals surface area contributed by atoms with Gasteiger partial charge in [0.2, 0.25) is 21.8 Å². The summed E-state index contributed by atoms with van der Waals surface area (Å²) in [6, 6.07) is 8.39. The highest BCUT2D eigenvalue weighted by atomic mass is 32.2. The van der Waals surface area contributed by atoms with Gasteiger partial charge in [0.05, 0.1) is 31.4 Å². The van der Waals surface area contributed by atoms with Crippen LogP contribution in [0.4, 0.5) is 0 Å². The molecule has 10 heteroatoms. The fourth-order valence-electron chi connectivity index (χ4n) is 3.31. The normalized spacial score (nSPS) is 12.9. The van der Waals surface area contributed by atoms with Crippen molar-refractivity contribution in [2.45, 2.75) is 64.1 Å². The van der Waals surface area contributed by atoms with Crippen molar-refractivity contribution in [2.75, 3.05) is 13.7 Å². The van der Waals surface area contributed by atoms with Gasteiger partial charge in [-0.3, -0.25) is 9.59 Å². The molecule has 1 heterocycles. The van der Waals surface area contributed by atoms with Crippen molar-refractivity contribution >= 4 is 21.8 Å². The van der Waals surface area contributed by atoms with Gasteiger partial charge in [0.25, 0.3) is 0 Å². The van der Waals surface area contributed by atoms with Gasteiger partial charge in [-0.2, -0.15) is 0 Å². The van der Waals surface area contributed by atoms with E-state index in [0.29, 0.717) is 17.9 Å². The number of sulfonamides is 1. The molecule has 0 aliphatic rings. The van der Waals surface area contributed by atoms with Crippen LogP contribution in [0.25, 0.3) is 0 Å². The number of methoxy groups -OCH3 is 1. The highest BCUT2D eigenvalue weighted by Crippen LogP contribution is 2.19. The number of nitrogens with zero attached hydrogens (tertiary/aromatic N) is 1. The average molecular weight is 494 g/mol. The van der Waals surface area contributed by atoms with E-state index in [1.54, 1.807) is 12.1 Å². The van der Waals surface area contributed by atoms with Crippen molar-refractivity contribution in [1.82, 2.24) is 14.9 Å². The first-order valence-electron chi connectivity index (χ1n) is 11.2. The molecule has 0 aliphatic carbocycles. The number of rotatable bonds is 12. The molecule has 9 nitrogen and oxygen atoms in total. The molecule has 0 unspecified atom stereocenters. The van der Waals surface area contributed by atoms with Crippen LogP contribution in [0.5, 0.6) is 5.75 Å². The Hall–Kier alpha value is -2.85. The predicted molar refractivity (Wildman–Crippen MR) is 129 cm³/mol. The van der Waals surface area contributed by atoms with Gasteiger partial charge in [-0.15, -0.1) is 0 Å². The first kappa shape index (κ1) is 27.4. The number of carbonyl (C=O) groups is 2. The maximum absolute atomic E-state index is 13.3. The highest BCUT2D eigenvalue weighted by molar-refractivity contribution is 7.89. The van der Waals surface area contributed by atoms with Gasteiger partial charge >= 0.3 is 0 Å². The summed E-state index contributed by atoms with van der Waals surface area (Å²) in [4.78, 5) is 27.9. The van der Waals surface area contributed by atoms with Gasteiger partial charge in [-0.25, -0.2) is 13.1 Å². The molecule has 34 heavy (non-hydrogen) atoms. The largest absolute Gasteiger partial charge is 0.497 e. The van der Waals surface area contributed by atoms with Crippen LogP contribution >= 0.6 is 0 Å². The minimum absolute atomic E-state index is 0.00142. The Morgan fingerprint density at radius 2 is 1.79 bits per heavy atom. The van der Waals surface area contributed by atoms with E-state index in [2.05, 4.69) is 10.0 Å². The molecular weight excluding hydrogens is 458 g/mol. The summed E-state index contributed by atoms with van der Waals surface area (Å²) in [5.74, 6) is -0.0822. The van der Waals surface area contributed by atoms with Crippen LogP contribution in [0.15, 0.2) is 52.0 Å². The Balaban J connectivity index is 2.27. The summed E-state index contributed by atoms with van der Waals surface area (Å²) in [6.07, 6.45) is 2.19. The second kappa shape index (κ2) is 11.5. The van der Waals surface area contributed by atoms with Crippen LogP contribution in [0.1, 0.15) is 46.8 Å². The van der Waals surface area contributed by atoms with Crippen molar-refractivity contribution in [3.63, 3.8) is 0 Å². The molecule has 1 atom stereocenters. The van der Waals surface area contributed by atoms with Crippen molar-refractivity contribution < 1.29 is 27.2 Å². The summed E-state index contributed by atoms with van der Waals surface area (Å²) in [5, 5.41) is 3.00. The fourth-order valence-corrected chi connectivity index (χ4v) is 4.28. The molecule has 0 aliphatic heterocycles. The zero-order chi connectivity index (χ0) is 25.5.